The van der Waals surface area contributed by atoms with Crippen LogP contribution in [0.5, 0.6) is 0 Å². The van der Waals surface area contributed by atoms with Gasteiger partial charge < -0.3 is 4.79 Å². The molecule has 0 amide bonds. The van der Waals surface area contributed by atoms with Crippen LogP contribution in [0.3, 0.4) is 0 Å². The van der Waals surface area contributed by atoms with Crippen molar-refractivity contribution in [1.29, 1.82) is 0 Å². The van der Waals surface area contributed by atoms with Crippen molar-refractivity contribution in [2.45, 2.75) is 33.2 Å². The number of hydrogen-bond acceptors (Lipinski definition) is 2. The average Bonchev–Trinajstić information content (AvgIpc) is 2.53. The van der Waals surface area contributed by atoms with Crippen LogP contribution in [0.4, 0.5) is 0 Å². The van der Waals surface area contributed by atoms with Crippen molar-refractivity contribution in [2.75, 3.05) is 0 Å². The summed E-state index contributed by atoms with van der Waals surface area (Å²) in [7, 11) is 0. The van der Waals surface area contributed by atoms with E-state index < -0.39 is 0 Å². The third-order valence-corrected chi connectivity index (χ3v) is 1.82. The van der Waals surface area contributed by atoms with Crippen molar-refractivity contribution >= 4 is 5.78 Å². The van der Waals surface area contributed by atoms with Crippen molar-refractivity contribution in [1.82, 2.24) is 9.78 Å². The van der Waals surface area contributed by atoms with Gasteiger partial charge in [-0.2, -0.15) is 5.10 Å². The first-order valence-electron chi connectivity index (χ1n) is 4.67. The molecule has 0 atom stereocenters. The summed E-state index contributed by atoms with van der Waals surface area (Å²) in [6.45, 7) is 4.19. The molecule has 1 aromatic heterocycles. The maximum Gasteiger partial charge on any atom is 0.129 e. The molecule has 14 heavy (non-hydrogen) atoms. The average molecular weight is 190 g/mol. The van der Waals surface area contributed by atoms with Crippen molar-refractivity contribution in [3.8, 4) is 11.8 Å². The molecule has 0 bridgehead atoms. The van der Waals surface area contributed by atoms with E-state index in [1.165, 1.54) is 0 Å². The van der Waals surface area contributed by atoms with Gasteiger partial charge in [0, 0.05) is 19.2 Å². The van der Waals surface area contributed by atoms with Crippen LogP contribution in [-0.2, 0) is 11.3 Å². The molecule has 0 radical (unpaired) electrons. The fourth-order valence-corrected chi connectivity index (χ4v) is 1.18. The maximum atomic E-state index is 10.7. The molecule has 1 aromatic rings. The monoisotopic (exact) mass is 190 g/mol. The van der Waals surface area contributed by atoms with Crippen LogP contribution in [0.2, 0.25) is 0 Å². The molecule has 0 aliphatic rings. The molecule has 3 heteroatoms. The second-order valence-electron chi connectivity index (χ2n) is 3.17. The van der Waals surface area contributed by atoms with Crippen LogP contribution >= 0.6 is 0 Å². The van der Waals surface area contributed by atoms with Crippen molar-refractivity contribution in [3.05, 3.63) is 18.0 Å². The molecule has 0 spiro atoms. The SMILES string of the molecule is CC#Cc1cnn(CCCC(C)=O)c1. The lowest BCUT2D eigenvalue weighted by Crippen LogP contribution is -2.00. The third kappa shape index (κ3) is 3.44. The lowest BCUT2D eigenvalue weighted by Gasteiger charge is -1.97. The third-order valence-electron chi connectivity index (χ3n) is 1.82. The number of Topliss-reactive ketones (excluding diaryl/α,β-unsaturated/α-hetero) is 1. The Bertz CT molecular complexity index is 368. The Balaban J connectivity index is 2.42. The molecule has 0 aromatic carbocycles. The molecule has 0 aliphatic carbocycles. The van der Waals surface area contributed by atoms with Gasteiger partial charge in [-0.1, -0.05) is 5.92 Å². The molecule has 0 aliphatic heterocycles. The van der Waals surface area contributed by atoms with Gasteiger partial charge >= 0.3 is 0 Å². The van der Waals surface area contributed by atoms with Crippen molar-refractivity contribution < 1.29 is 4.79 Å². The summed E-state index contributed by atoms with van der Waals surface area (Å²) in [4.78, 5) is 10.7. The largest absolute Gasteiger partial charge is 0.300 e. The van der Waals surface area contributed by atoms with Gasteiger partial charge in [0.15, 0.2) is 0 Å². The van der Waals surface area contributed by atoms with Crippen molar-refractivity contribution in [3.63, 3.8) is 0 Å². The Labute approximate surface area is 84.1 Å². The number of carbonyl (C=O) groups excluding carboxylic acids is 1. The zero-order valence-electron chi connectivity index (χ0n) is 8.58. The number of aryl methyl sites for hydroxylation is 1. The highest BCUT2D eigenvalue weighted by molar-refractivity contribution is 5.75. The van der Waals surface area contributed by atoms with E-state index in [2.05, 4.69) is 16.9 Å². The number of carbonyl (C=O) groups is 1. The number of ketones is 1. The van der Waals surface area contributed by atoms with Gasteiger partial charge in [-0.05, 0) is 20.3 Å². The van der Waals surface area contributed by atoms with Crippen LogP contribution in [0.1, 0.15) is 32.3 Å². The standard InChI is InChI=1S/C11H14N2O/c1-3-5-11-8-12-13(9-11)7-4-6-10(2)14/h8-9H,4,6-7H2,1-2H3. The molecule has 3 nitrogen and oxygen atoms in total. The van der Waals surface area contributed by atoms with Crippen LogP contribution in [-0.4, -0.2) is 15.6 Å². The Kier molecular flexibility index (Phi) is 3.93. The molecule has 1 rings (SSSR count). The van der Waals surface area contributed by atoms with E-state index in [1.54, 1.807) is 20.0 Å². The molecule has 0 saturated heterocycles. The van der Waals surface area contributed by atoms with E-state index in [0.717, 1.165) is 18.5 Å². The quantitative estimate of drug-likeness (QED) is 0.676. The first-order chi connectivity index (χ1) is 6.72. The van der Waals surface area contributed by atoms with Gasteiger partial charge in [-0.3, -0.25) is 4.68 Å². The zero-order chi connectivity index (χ0) is 10.4. The second-order valence-corrected chi connectivity index (χ2v) is 3.17. The van der Waals surface area contributed by atoms with Gasteiger partial charge in [0.2, 0.25) is 0 Å². The van der Waals surface area contributed by atoms with E-state index in [-0.39, 0.29) is 5.78 Å². The minimum absolute atomic E-state index is 0.228. The summed E-state index contributed by atoms with van der Waals surface area (Å²) in [5, 5.41) is 4.13. The first kappa shape index (κ1) is 10.5. The topological polar surface area (TPSA) is 34.9 Å². The highest BCUT2D eigenvalue weighted by Crippen LogP contribution is 1.99. The van der Waals surface area contributed by atoms with Gasteiger partial charge in [-0.15, -0.1) is 5.92 Å². The number of nitrogens with zero attached hydrogens (tertiary/aromatic N) is 2. The summed E-state index contributed by atoms with van der Waals surface area (Å²) >= 11 is 0. The summed E-state index contributed by atoms with van der Waals surface area (Å²) < 4.78 is 1.82. The van der Waals surface area contributed by atoms with Crippen LogP contribution < -0.4 is 0 Å². The van der Waals surface area contributed by atoms with Gasteiger partial charge in [-0.25, -0.2) is 0 Å². The summed E-state index contributed by atoms with van der Waals surface area (Å²) in [6.07, 6.45) is 5.10. The van der Waals surface area contributed by atoms with Crippen LogP contribution in [0, 0.1) is 11.8 Å². The number of hydrogen-bond donors (Lipinski definition) is 0. The molecule has 0 N–H and O–H groups in total. The van der Waals surface area contributed by atoms with Gasteiger partial charge in [0.05, 0.1) is 11.8 Å². The molecular weight excluding hydrogens is 176 g/mol. The van der Waals surface area contributed by atoms with E-state index in [0.29, 0.717) is 6.42 Å². The Morgan fingerprint density at radius 3 is 3.07 bits per heavy atom. The highest BCUT2D eigenvalue weighted by Gasteiger charge is 1.97. The Hall–Kier alpha value is -1.56. The lowest BCUT2D eigenvalue weighted by molar-refractivity contribution is -0.117. The van der Waals surface area contributed by atoms with Crippen LogP contribution in [0.15, 0.2) is 12.4 Å². The molecule has 0 unspecified atom stereocenters. The predicted octanol–water partition coefficient (Wildman–Crippen LogP) is 1.62. The minimum atomic E-state index is 0.228. The lowest BCUT2D eigenvalue weighted by atomic mass is 10.2. The fourth-order valence-electron chi connectivity index (χ4n) is 1.18. The van der Waals surface area contributed by atoms with Crippen molar-refractivity contribution in [2.24, 2.45) is 0 Å². The molecule has 74 valence electrons. The maximum absolute atomic E-state index is 10.7. The normalized spacial score (nSPS) is 9.29. The predicted molar refractivity (Wildman–Crippen MR) is 54.7 cm³/mol. The van der Waals surface area contributed by atoms with E-state index in [1.807, 2.05) is 10.9 Å². The summed E-state index contributed by atoms with van der Waals surface area (Å²) in [5.74, 6) is 5.97. The fraction of sp³-hybridized carbons (Fsp3) is 0.455. The Morgan fingerprint density at radius 2 is 2.43 bits per heavy atom. The zero-order valence-corrected chi connectivity index (χ0v) is 8.58. The highest BCUT2D eigenvalue weighted by atomic mass is 16.1. The van der Waals surface area contributed by atoms with E-state index >= 15 is 0 Å². The second kappa shape index (κ2) is 5.23. The number of rotatable bonds is 4. The van der Waals surface area contributed by atoms with Gasteiger partial charge in [0.25, 0.3) is 0 Å². The molecule has 0 saturated carbocycles. The minimum Gasteiger partial charge on any atom is -0.300 e. The van der Waals surface area contributed by atoms with E-state index in [4.69, 9.17) is 0 Å². The summed E-state index contributed by atoms with van der Waals surface area (Å²) in [5.41, 5.74) is 0.926. The summed E-state index contributed by atoms with van der Waals surface area (Å²) in [6, 6.07) is 0. The molecule has 0 fully saturated rings. The molecule has 1 heterocycles. The molecular formula is C11H14N2O. The Morgan fingerprint density at radius 1 is 1.64 bits per heavy atom. The van der Waals surface area contributed by atoms with Crippen LogP contribution in [0.25, 0.3) is 0 Å². The first-order valence-corrected chi connectivity index (χ1v) is 4.67. The van der Waals surface area contributed by atoms with Gasteiger partial charge in [0.1, 0.15) is 5.78 Å². The smallest absolute Gasteiger partial charge is 0.129 e. The number of aromatic nitrogens is 2. The van der Waals surface area contributed by atoms with E-state index in [9.17, 15) is 4.79 Å².